The van der Waals surface area contributed by atoms with Gasteiger partial charge >= 0.3 is 0 Å². The first kappa shape index (κ1) is 11.3. The molecule has 1 fully saturated rings. The molecule has 0 bridgehead atoms. The Hall–Kier alpha value is -1.75. The Morgan fingerprint density at radius 1 is 1.28 bits per heavy atom. The number of carbonyl (C=O) groups excluding carboxylic acids is 2. The SMILES string of the molecule is NCC1(N2C(=O)c3cccnc3C2=O)CCCC1. The van der Waals surface area contributed by atoms with Crippen LogP contribution in [0.3, 0.4) is 0 Å². The van der Waals surface area contributed by atoms with Crippen molar-refractivity contribution < 1.29 is 9.59 Å². The molecule has 1 aromatic heterocycles. The van der Waals surface area contributed by atoms with E-state index in [1.165, 1.54) is 11.1 Å². The Kier molecular flexibility index (Phi) is 2.45. The second kappa shape index (κ2) is 3.88. The Labute approximate surface area is 105 Å². The number of amides is 2. The summed E-state index contributed by atoms with van der Waals surface area (Å²) in [5.41, 5.74) is 6.02. The third-order valence-electron chi connectivity index (χ3n) is 4.04. The van der Waals surface area contributed by atoms with E-state index in [0.29, 0.717) is 12.1 Å². The average Bonchev–Trinajstić information content (AvgIpc) is 2.96. The molecule has 2 aliphatic rings. The van der Waals surface area contributed by atoms with Crippen molar-refractivity contribution >= 4 is 11.8 Å². The van der Waals surface area contributed by atoms with Crippen molar-refractivity contribution in [2.45, 2.75) is 31.2 Å². The number of hydrogen-bond acceptors (Lipinski definition) is 4. The van der Waals surface area contributed by atoms with E-state index in [1.807, 2.05) is 0 Å². The molecule has 1 aliphatic heterocycles. The van der Waals surface area contributed by atoms with Crippen LogP contribution in [0, 0.1) is 0 Å². The van der Waals surface area contributed by atoms with Gasteiger partial charge in [-0.15, -0.1) is 0 Å². The lowest BCUT2D eigenvalue weighted by Crippen LogP contribution is -2.54. The molecule has 0 saturated heterocycles. The summed E-state index contributed by atoms with van der Waals surface area (Å²) >= 11 is 0. The van der Waals surface area contributed by atoms with Crippen molar-refractivity contribution in [3.05, 3.63) is 29.6 Å². The van der Waals surface area contributed by atoms with Gasteiger partial charge in [0.1, 0.15) is 5.69 Å². The van der Waals surface area contributed by atoms with Crippen LogP contribution in [-0.2, 0) is 0 Å². The summed E-state index contributed by atoms with van der Waals surface area (Å²) in [5.74, 6) is -0.529. The van der Waals surface area contributed by atoms with Crippen LogP contribution in [0.15, 0.2) is 18.3 Å². The number of carbonyl (C=O) groups is 2. The van der Waals surface area contributed by atoms with E-state index < -0.39 is 5.54 Å². The molecule has 0 spiro atoms. The Balaban J connectivity index is 2.06. The zero-order valence-corrected chi connectivity index (χ0v) is 10.1. The summed E-state index contributed by atoms with van der Waals surface area (Å²) in [5, 5.41) is 0. The van der Waals surface area contributed by atoms with E-state index in [2.05, 4.69) is 4.98 Å². The minimum absolute atomic E-state index is 0.240. The van der Waals surface area contributed by atoms with Gasteiger partial charge in [0.05, 0.1) is 11.1 Å². The number of rotatable bonds is 2. The van der Waals surface area contributed by atoms with Gasteiger partial charge in [-0.2, -0.15) is 0 Å². The highest BCUT2D eigenvalue weighted by molar-refractivity contribution is 6.20. The maximum absolute atomic E-state index is 12.4. The number of nitrogens with two attached hydrogens (primary N) is 1. The molecule has 0 unspecified atom stereocenters. The largest absolute Gasteiger partial charge is 0.328 e. The molecule has 2 N–H and O–H groups in total. The van der Waals surface area contributed by atoms with Crippen molar-refractivity contribution in [1.29, 1.82) is 0 Å². The molecular weight excluding hydrogens is 230 g/mol. The molecule has 0 aromatic carbocycles. The molecule has 3 rings (SSSR count). The molecule has 1 saturated carbocycles. The van der Waals surface area contributed by atoms with Crippen molar-refractivity contribution in [2.75, 3.05) is 6.54 Å². The molecular formula is C13H15N3O2. The quantitative estimate of drug-likeness (QED) is 0.787. The highest BCUT2D eigenvalue weighted by Crippen LogP contribution is 2.38. The van der Waals surface area contributed by atoms with Crippen LogP contribution < -0.4 is 5.73 Å². The molecule has 1 aromatic rings. The van der Waals surface area contributed by atoms with Gasteiger partial charge in [0.2, 0.25) is 0 Å². The summed E-state index contributed by atoms with van der Waals surface area (Å²) in [6.45, 7) is 0.332. The van der Waals surface area contributed by atoms with Crippen LogP contribution >= 0.6 is 0 Å². The maximum Gasteiger partial charge on any atom is 0.280 e. The van der Waals surface area contributed by atoms with Gasteiger partial charge in [0, 0.05) is 12.7 Å². The second-order valence-corrected chi connectivity index (χ2v) is 4.98. The summed E-state index contributed by atoms with van der Waals surface area (Å²) < 4.78 is 0. The predicted molar refractivity (Wildman–Crippen MR) is 65.0 cm³/mol. The van der Waals surface area contributed by atoms with Crippen molar-refractivity contribution in [1.82, 2.24) is 9.88 Å². The molecule has 2 heterocycles. The topological polar surface area (TPSA) is 76.3 Å². The summed E-state index contributed by atoms with van der Waals surface area (Å²) in [6.07, 6.45) is 5.16. The molecule has 94 valence electrons. The third kappa shape index (κ3) is 1.34. The smallest absolute Gasteiger partial charge is 0.280 e. The fourth-order valence-electron chi connectivity index (χ4n) is 3.05. The first-order valence-electron chi connectivity index (χ1n) is 6.24. The van der Waals surface area contributed by atoms with E-state index >= 15 is 0 Å². The van der Waals surface area contributed by atoms with E-state index in [1.54, 1.807) is 12.1 Å². The predicted octanol–water partition coefficient (Wildman–Crippen LogP) is 0.949. The lowest BCUT2D eigenvalue weighted by atomic mass is 9.95. The summed E-state index contributed by atoms with van der Waals surface area (Å²) in [4.78, 5) is 30.1. The molecule has 5 heteroatoms. The average molecular weight is 245 g/mol. The number of hydrogen-bond donors (Lipinski definition) is 1. The molecule has 5 nitrogen and oxygen atoms in total. The van der Waals surface area contributed by atoms with Crippen LogP contribution in [0.5, 0.6) is 0 Å². The molecule has 18 heavy (non-hydrogen) atoms. The zero-order valence-electron chi connectivity index (χ0n) is 10.1. The van der Waals surface area contributed by atoms with E-state index in [0.717, 1.165) is 25.7 Å². The first-order chi connectivity index (χ1) is 8.69. The van der Waals surface area contributed by atoms with Gasteiger partial charge in [-0.3, -0.25) is 19.5 Å². The number of aromatic nitrogens is 1. The lowest BCUT2D eigenvalue weighted by Gasteiger charge is -2.35. The van der Waals surface area contributed by atoms with Crippen molar-refractivity contribution in [3.63, 3.8) is 0 Å². The number of fused-ring (bicyclic) bond motifs is 1. The van der Waals surface area contributed by atoms with Crippen LogP contribution in [-0.4, -0.2) is 33.8 Å². The highest BCUT2D eigenvalue weighted by atomic mass is 16.2. The second-order valence-electron chi connectivity index (χ2n) is 4.98. The van der Waals surface area contributed by atoms with Gasteiger partial charge in [-0.25, -0.2) is 0 Å². The van der Waals surface area contributed by atoms with Crippen LogP contribution in [0.2, 0.25) is 0 Å². The normalized spacial score (nSPS) is 21.5. The molecule has 2 amide bonds. The number of imide groups is 1. The van der Waals surface area contributed by atoms with Gasteiger partial charge in [0.25, 0.3) is 11.8 Å². The van der Waals surface area contributed by atoms with Crippen molar-refractivity contribution in [3.8, 4) is 0 Å². The summed E-state index contributed by atoms with van der Waals surface area (Å²) in [6, 6.07) is 3.33. The van der Waals surface area contributed by atoms with Gasteiger partial charge in [0.15, 0.2) is 0 Å². The molecule has 1 aliphatic carbocycles. The van der Waals surface area contributed by atoms with Gasteiger partial charge in [-0.05, 0) is 25.0 Å². The number of nitrogens with zero attached hydrogens (tertiary/aromatic N) is 2. The van der Waals surface area contributed by atoms with Gasteiger partial charge < -0.3 is 5.73 Å². The Morgan fingerprint density at radius 3 is 2.61 bits per heavy atom. The highest BCUT2D eigenvalue weighted by Gasteiger charge is 2.50. The maximum atomic E-state index is 12.4. The lowest BCUT2D eigenvalue weighted by molar-refractivity contribution is 0.0441. The molecule has 0 atom stereocenters. The van der Waals surface area contributed by atoms with E-state index in [4.69, 9.17) is 5.73 Å². The van der Waals surface area contributed by atoms with Crippen molar-refractivity contribution in [2.24, 2.45) is 5.73 Å². The fourth-order valence-corrected chi connectivity index (χ4v) is 3.05. The van der Waals surface area contributed by atoms with Crippen LogP contribution in [0.25, 0.3) is 0 Å². The monoisotopic (exact) mass is 245 g/mol. The zero-order chi connectivity index (χ0) is 12.8. The Morgan fingerprint density at radius 2 is 2.00 bits per heavy atom. The summed E-state index contributed by atoms with van der Waals surface area (Å²) in [7, 11) is 0. The number of pyridine rings is 1. The minimum Gasteiger partial charge on any atom is -0.328 e. The Bertz CT molecular complexity index is 486. The third-order valence-corrected chi connectivity index (χ3v) is 4.04. The fraction of sp³-hybridized carbons (Fsp3) is 0.462. The standard InChI is InChI=1S/C13H15N3O2/c14-8-13(5-1-2-6-13)16-11(17)9-4-3-7-15-10(9)12(16)18/h3-4,7H,1-2,5-6,8,14H2. The minimum atomic E-state index is -0.491. The first-order valence-corrected chi connectivity index (χ1v) is 6.24. The van der Waals surface area contributed by atoms with E-state index in [-0.39, 0.29) is 17.5 Å². The molecule has 0 radical (unpaired) electrons. The van der Waals surface area contributed by atoms with E-state index in [9.17, 15) is 9.59 Å². The van der Waals surface area contributed by atoms with Gasteiger partial charge in [-0.1, -0.05) is 12.8 Å². The van der Waals surface area contributed by atoms with Crippen LogP contribution in [0.4, 0.5) is 0 Å². The van der Waals surface area contributed by atoms with Crippen LogP contribution in [0.1, 0.15) is 46.5 Å².